The van der Waals surface area contributed by atoms with E-state index in [0.29, 0.717) is 16.1 Å². The summed E-state index contributed by atoms with van der Waals surface area (Å²) in [6.07, 6.45) is 0. The van der Waals surface area contributed by atoms with Crippen LogP contribution < -0.4 is 9.54 Å². The summed E-state index contributed by atoms with van der Waals surface area (Å²) in [5.41, 5.74) is 1.59. The molecule has 0 saturated heterocycles. The number of carbonyl (C=O) groups is 1. The van der Waals surface area contributed by atoms with E-state index in [4.69, 9.17) is 10.00 Å². The van der Waals surface area contributed by atoms with Gasteiger partial charge in [-0.2, -0.15) is 10.3 Å². The van der Waals surface area contributed by atoms with Crippen molar-refractivity contribution in [2.45, 2.75) is 0 Å². The molecule has 0 bridgehead atoms. The Morgan fingerprint density at radius 3 is 2.70 bits per heavy atom. The maximum atomic E-state index is 12.0. The van der Waals surface area contributed by atoms with E-state index in [2.05, 4.69) is 4.99 Å². The Bertz CT molecular complexity index is 962. The van der Waals surface area contributed by atoms with Gasteiger partial charge in [0.05, 0.1) is 21.8 Å². The van der Waals surface area contributed by atoms with Crippen molar-refractivity contribution in [3.8, 4) is 11.8 Å². The predicted molar refractivity (Wildman–Crippen MR) is 88.0 cm³/mol. The fraction of sp³-hybridized carbons (Fsp3) is 0.118. The molecular weight excluding hydrogens is 310 g/mol. The fourth-order valence-corrected chi connectivity index (χ4v) is 3.13. The highest BCUT2D eigenvalue weighted by molar-refractivity contribution is 7.16. The first kappa shape index (κ1) is 15.0. The summed E-state index contributed by atoms with van der Waals surface area (Å²) in [5.74, 6) is 0.185. The molecule has 0 aliphatic heterocycles. The van der Waals surface area contributed by atoms with E-state index < -0.39 is 0 Å². The van der Waals surface area contributed by atoms with Crippen LogP contribution in [0.2, 0.25) is 0 Å². The first-order chi connectivity index (χ1) is 11.2. The molecule has 23 heavy (non-hydrogen) atoms. The van der Waals surface area contributed by atoms with Crippen molar-refractivity contribution in [1.82, 2.24) is 4.57 Å². The van der Waals surface area contributed by atoms with Crippen molar-refractivity contribution in [2.75, 3.05) is 6.61 Å². The molecule has 0 aliphatic rings. The van der Waals surface area contributed by atoms with Crippen molar-refractivity contribution in [2.24, 2.45) is 12.0 Å². The molecule has 5 nitrogen and oxygen atoms in total. The smallest absolute Gasteiger partial charge is 0.286 e. The summed E-state index contributed by atoms with van der Waals surface area (Å²) in [6, 6.07) is 16.5. The average molecular weight is 323 g/mol. The lowest BCUT2D eigenvalue weighted by molar-refractivity contribution is -0.120. The third-order valence-electron chi connectivity index (χ3n) is 3.28. The molecule has 114 valence electrons. The van der Waals surface area contributed by atoms with Crippen LogP contribution in [0.15, 0.2) is 53.5 Å². The van der Waals surface area contributed by atoms with Crippen molar-refractivity contribution >= 4 is 27.5 Å². The lowest BCUT2D eigenvalue weighted by atomic mass is 10.2. The van der Waals surface area contributed by atoms with E-state index in [1.165, 1.54) is 11.3 Å². The number of aryl methyl sites for hydroxylation is 1. The zero-order chi connectivity index (χ0) is 16.2. The number of para-hydroxylation sites is 1. The Hall–Kier alpha value is -2.91. The maximum Gasteiger partial charge on any atom is 0.286 e. The lowest BCUT2D eigenvalue weighted by Crippen LogP contribution is -2.17. The summed E-state index contributed by atoms with van der Waals surface area (Å²) in [4.78, 5) is 16.7. The van der Waals surface area contributed by atoms with Crippen LogP contribution in [0.3, 0.4) is 0 Å². The van der Waals surface area contributed by atoms with E-state index in [-0.39, 0.29) is 12.5 Å². The van der Waals surface area contributed by atoms with Crippen LogP contribution in [0.1, 0.15) is 5.56 Å². The third-order valence-corrected chi connectivity index (χ3v) is 4.39. The number of ether oxygens (including phenoxy) is 1. The predicted octanol–water partition coefficient (Wildman–Crippen LogP) is 2.62. The Morgan fingerprint density at radius 1 is 1.26 bits per heavy atom. The summed E-state index contributed by atoms with van der Waals surface area (Å²) in [5, 5.41) is 8.74. The second kappa shape index (κ2) is 6.46. The van der Waals surface area contributed by atoms with Gasteiger partial charge >= 0.3 is 0 Å². The molecule has 3 aromatic rings. The molecule has 6 heteroatoms. The van der Waals surface area contributed by atoms with Gasteiger partial charge in [-0.3, -0.25) is 4.79 Å². The molecule has 1 amide bonds. The Kier molecular flexibility index (Phi) is 4.22. The first-order valence-electron chi connectivity index (χ1n) is 6.92. The van der Waals surface area contributed by atoms with Crippen LogP contribution in [0.5, 0.6) is 5.75 Å². The SMILES string of the molecule is Cn1c(=NC(=O)COc2ccc(C#N)cc2)sc2ccccc21. The van der Waals surface area contributed by atoms with Crippen LogP contribution in [-0.4, -0.2) is 17.1 Å². The molecule has 0 spiro atoms. The largest absolute Gasteiger partial charge is 0.484 e. The number of rotatable bonds is 3. The quantitative estimate of drug-likeness (QED) is 0.744. The van der Waals surface area contributed by atoms with Gasteiger partial charge in [0.2, 0.25) is 0 Å². The highest BCUT2D eigenvalue weighted by atomic mass is 32.1. The molecule has 0 N–H and O–H groups in total. The highest BCUT2D eigenvalue weighted by Gasteiger charge is 2.05. The number of aromatic nitrogens is 1. The van der Waals surface area contributed by atoms with E-state index in [1.807, 2.05) is 41.9 Å². The third kappa shape index (κ3) is 3.30. The lowest BCUT2D eigenvalue weighted by Gasteiger charge is -2.02. The first-order valence-corrected chi connectivity index (χ1v) is 7.74. The molecule has 0 radical (unpaired) electrons. The van der Waals surface area contributed by atoms with Crippen LogP contribution in [-0.2, 0) is 11.8 Å². The summed E-state index contributed by atoms with van der Waals surface area (Å²) < 4.78 is 8.36. The Labute approximate surface area is 136 Å². The Morgan fingerprint density at radius 2 is 2.00 bits per heavy atom. The number of benzene rings is 2. The van der Waals surface area contributed by atoms with Gasteiger partial charge in [-0.05, 0) is 36.4 Å². The summed E-state index contributed by atoms with van der Waals surface area (Å²) in [6.45, 7) is -0.139. The van der Waals surface area contributed by atoms with Crippen molar-refractivity contribution in [1.29, 1.82) is 5.26 Å². The number of nitriles is 1. The number of nitrogens with zero attached hydrogens (tertiary/aromatic N) is 3. The minimum Gasteiger partial charge on any atom is -0.484 e. The standard InChI is InChI=1S/C17H13N3O2S/c1-20-14-4-2-3-5-15(14)23-17(20)19-16(21)11-22-13-8-6-12(10-18)7-9-13/h2-9H,11H2,1H3. The van der Waals surface area contributed by atoms with Gasteiger partial charge in [0.25, 0.3) is 5.91 Å². The zero-order valence-corrected chi connectivity index (χ0v) is 13.2. The van der Waals surface area contributed by atoms with Gasteiger partial charge in [-0.1, -0.05) is 23.5 Å². The normalized spacial score (nSPS) is 11.4. The van der Waals surface area contributed by atoms with Gasteiger partial charge in [0.1, 0.15) is 5.75 Å². The number of hydrogen-bond acceptors (Lipinski definition) is 4. The molecule has 2 aromatic carbocycles. The van der Waals surface area contributed by atoms with Crippen molar-refractivity contribution in [3.63, 3.8) is 0 Å². The minimum atomic E-state index is -0.350. The fourth-order valence-electron chi connectivity index (χ4n) is 2.10. The van der Waals surface area contributed by atoms with Gasteiger partial charge in [-0.15, -0.1) is 0 Å². The molecule has 0 aliphatic carbocycles. The molecule has 1 heterocycles. The van der Waals surface area contributed by atoms with E-state index in [9.17, 15) is 4.79 Å². The van der Waals surface area contributed by atoms with Gasteiger partial charge in [0, 0.05) is 7.05 Å². The summed E-state index contributed by atoms with van der Waals surface area (Å²) in [7, 11) is 1.88. The van der Waals surface area contributed by atoms with Gasteiger partial charge < -0.3 is 9.30 Å². The number of fused-ring (bicyclic) bond motifs is 1. The van der Waals surface area contributed by atoms with Crippen molar-refractivity contribution in [3.05, 3.63) is 58.9 Å². The number of hydrogen-bond donors (Lipinski definition) is 0. The monoisotopic (exact) mass is 323 g/mol. The average Bonchev–Trinajstić information content (AvgIpc) is 2.90. The van der Waals surface area contributed by atoms with Crippen molar-refractivity contribution < 1.29 is 9.53 Å². The highest BCUT2D eigenvalue weighted by Crippen LogP contribution is 2.15. The van der Waals surface area contributed by atoms with Gasteiger partial charge in [-0.25, -0.2) is 0 Å². The van der Waals surface area contributed by atoms with Gasteiger partial charge in [0.15, 0.2) is 11.4 Å². The number of carbonyl (C=O) groups excluding carboxylic acids is 1. The van der Waals surface area contributed by atoms with E-state index in [0.717, 1.165) is 10.2 Å². The minimum absolute atomic E-state index is 0.139. The summed E-state index contributed by atoms with van der Waals surface area (Å²) >= 11 is 1.46. The van der Waals surface area contributed by atoms with Crippen LogP contribution >= 0.6 is 11.3 Å². The zero-order valence-electron chi connectivity index (χ0n) is 12.4. The Balaban J connectivity index is 1.75. The second-order valence-corrected chi connectivity index (χ2v) is 5.85. The van der Waals surface area contributed by atoms with Crippen LogP contribution in [0.4, 0.5) is 0 Å². The second-order valence-electron chi connectivity index (χ2n) is 4.84. The molecule has 0 saturated carbocycles. The van der Waals surface area contributed by atoms with Crippen LogP contribution in [0.25, 0.3) is 10.2 Å². The molecule has 1 aromatic heterocycles. The van der Waals surface area contributed by atoms with E-state index >= 15 is 0 Å². The van der Waals surface area contributed by atoms with Crippen LogP contribution in [0, 0.1) is 11.3 Å². The van der Waals surface area contributed by atoms with E-state index in [1.54, 1.807) is 24.3 Å². The molecule has 0 atom stereocenters. The molecule has 0 unspecified atom stereocenters. The molecule has 3 rings (SSSR count). The topological polar surface area (TPSA) is 67.4 Å². The maximum absolute atomic E-state index is 12.0. The number of thiazole rings is 1. The molecular formula is C17H13N3O2S. The number of amides is 1. The molecule has 0 fully saturated rings.